The van der Waals surface area contributed by atoms with Crippen molar-refractivity contribution in [1.29, 1.82) is 0 Å². The van der Waals surface area contributed by atoms with Gasteiger partial charge in [0.05, 0.1) is 11.5 Å². The van der Waals surface area contributed by atoms with E-state index in [2.05, 4.69) is 0 Å². The Bertz CT molecular complexity index is 553. The average Bonchev–Trinajstić information content (AvgIpc) is 2.34. The molecular weight excluding hydrogens is 250 g/mol. The number of rotatable bonds is 0. The van der Waals surface area contributed by atoms with Crippen molar-refractivity contribution in [3.05, 3.63) is 29.8 Å². The van der Waals surface area contributed by atoms with E-state index in [1.807, 2.05) is 24.3 Å². The van der Waals surface area contributed by atoms with Crippen LogP contribution in [0.1, 0.15) is 30.9 Å². The van der Waals surface area contributed by atoms with Gasteiger partial charge in [0.2, 0.25) is 0 Å². The van der Waals surface area contributed by atoms with Gasteiger partial charge in [0.1, 0.15) is 11.4 Å². The highest BCUT2D eigenvalue weighted by atomic mass is 32.2. The predicted molar refractivity (Wildman–Crippen MR) is 69.2 cm³/mol. The van der Waals surface area contributed by atoms with E-state index in [-0.39, 0.29) is 23.1 Å². The Morgan fingerprint density at radius 2 is 1.89 bits per heavy atom. The maximum absolute atomic E-state index is 11.5. The van der Waals surface area contributed by atoms with Gasteiger partial charge < -0.3 is 10.5 Å². The first-order valence-corrected chi connectivity index (χ1v) is 8.06. The normalized spacial score (nSPS) is 28.4. The lowest BCUT2D eigenvalue weighted by atomic mass is 9.83. The van der Waals surface area contributed by atoms with Crippen LogP contribution in [-0.2, 0) is 9.84 Å². The molecule has 1 aromatic carbocycles. The quantitative estimate of drug-likeness (QED) is 0.771. The fourth-order valence-electron chi connectivity index (χ4n) is 2.88. The van der Waals surface area contributed by atoms with E-state index in [9.17, 15) is 8.42 Å². The molecule has 2 N–H and O–H groups in total. The summed E-state index contributed by atoms with van der Waals surface area (Å²) in [5, 5.41) is 0. The maximum atomic E-state index is 11.5. The van der Waals surface area contributed by atoms with Crippen molar-refractivity contribution < 1.29 is 13.2 Å². The molecule has 0 bridgehead atoms. The molecule has 2 aliphatic heterocycles. The molecule has 1 aromatic rings. The van der Waals surface area contributed by atoms with Crippen molar-refractivity contribution in [3.8, 4) is 5.75 Å². The van der Waals surface area contributed by atoms with Gasteiger partial charge in [0.15, 0.2) is 9.84 Å². The summed E-state index contributed by atoms with van der Waals surface area (Å²) in [5.41, 5.74) is 6.84. The minimum absolute atomic E-state index is 0.0595. The summed E-state index contributed by atoms with van der Waals surface area (Å²) in [4.78, 5) is 0. The third-order valence-electron chi connectivity index (χ3n) is 3.97. The number of nitrogens with two attached hydrogens (primary N) is 1. The average molecular weight is 267 g/mol. The van der Waals surface area contributed by atoms with Gasteiger partial charge in [-0.25, -0.2) is 8.42 Å². The number of fused-ring (bicyclic) bond motifs is 1. The lowest BCUT2D eigenvalue weighted by Crippen LogP contribution is -2.48. The van der Waals surface area contributed by atoms with Crippen LogP contribution in [0.25, 0.3) is 0 Å². The Labute approximate surface area is 107 Å². The number of ether oxygens (including phenoxy) is 1. The van der Waals surface area contributed by atoms with Gasteiger partial charge in [0, 0.05) is 30.9 Å². The largest absolute Gasteiger partial charge is 0.487 e. The molecule has 0 saturated carbocycles. The van der Waals surface area contributed by atoms with E-state index < -0.39 is 9.84 Å². The molecule has 0 aliphatic carbocycles. The van der Waals surface area contributed by atoms with Crippen molar-refractivity contribution >= 4 is 9.84 Å². The lowest BCUT2D eigenvalue weighted by molar-refractivity contribution is 0.0264. The molecule has 1 fully saturated rings. The fraction of sp³-hybridized carbons (Fsp3) is 0.538. The van der Waals surface area contributed by atoms with E-state index >= 15 is 0 Å². The topological polar surface area (TPSA) is 69.4 Å². The number of para-hydroxylation sites is 1. The second-order valence-electron chi connectivity index (χ2n) is 5.29. The summed E-state index contributed by atoms with van der Waals surface area (Å²) in [6.07, 6.45) is 1.81. The van der Waals surface area contributed by atoms with E-state index in [0.717, 1.165) is 11.3 Å². The molecule has 3 rings (SSSR count). The molecule has 1 saturated heterocycles. The monoisotopic (exact) mass is 267 g/mol. The van der Waals surface area contributed by atoms with E-state index in [4.69, 9.17) is 10.5 Å². The molecule has 2 heterocycles. The van der Waals surface area contributed by atoms with Gasteiger partial charge >= 0.3 is 0 Å². The summed E-state index contributed by atoms with van der Waals surface area (Å²) in [7, 11) is -2.87. The Kier molecular flexibility index (Phi) is 2.64. The van der Waals surface area contributed by atoms with Crippen LogP contribution < -0.4 is 10.5 Å². The molecule has 1 atom stereocenters. The van der Waals surface area contributed by atoms with Gasteiger partial charge in [-0.1, -0.05) is 18.2 Å². The molecular formula is C13H17NO3S. The third kappa shape index (κ3) is 2.01. The summed E-state index contributed by atoms with van der Waals surface area (Å²) < 4.78 is 29.1. The minimum Gasteiger partial charge on any atom is -0.487 e. The first-order valence-electron chi connectivity index (χ1n) is 6.24. The Morgan fingerprint density at radius 3 is 2.61 bits per heavy atom. The summed E-state index contributed by atoms with van der Waals surface area (Å²) in [6.45, 7) is 0. The SMILES string of the molecule is N[C@H]1CC2(CCS(=O)(=O)CC2)Oc2ccccc21. The molecule has 1 spiro atoms. The van der Waals surface area contributed by atoms with Crippen LogP contribution >= 0.6 is 0 Å². The van der Waals surface area contributed by atoms with Gasteiger partial charge in [-0.05, 0) is 6.07 Å². The molecule has 4 nitrogen and oxygen atoms in total. The predicted octanol–water partition coefficient (Wildman–Crippen LogP) is 1.42. The summed E-state index contributed by atoms with van der Waals surface area (Å²) >= 11 is 0. The lowest BCUT2D eigenvalue weighted by Gasteiger charge is -2.43. The molecule has 0 amide bonds. The van der Waals surface area contributed by atoms with Crippen LogP contribution in [0.5, 0.6) is 5.75 Å². The first kappa shape index (κ1) is 12.0. The van der Waals surface area contributed by atoms with E-state index in [1.54, 1.807) is 0 Å². The second-order valence-corrected chi connectivity index (χ2v) is 7.59. The van der Waals surface area contributed by atoms with Crippen molar-refractivity contribution in [2.24, 2.45) is 5.73 Å². The van der Waals surface area contributed by atoms with Gasteiger partial charge in [-0.15, -0.1) is 0 Å². The van der Waals surface area contributed by atoms with Gasteiger partial charge in [-0.3, -0.25) is 0 Å². The number of hydrogen-bond acceptors (Lipinski definition) is 4. The fourth-order valence-corrected chi connectivity index (χ4v) is 4.45. The van der Waals surface area contributed by atoms with E-state index in [1.165, 1.54) is 0 Å². The third-order valence-corrected chi connectivity index (χ3v) is 5.63. The van der Waals surface area contributed by atoms with Crippen LogP contribution in [0.15, 0.2) is 24.3 Å². The molecule has 2 aliphatic rings. The van der Waals surface area contributed by atoms with Crippen molar-refractivity contribution in [1.82, 2.24) is 0 Å². The van der Waals surface area contributed by atoms with Crippen LogP contribution in [0, 0.1) is 0 Å². The zero-order chi connectivity index (χ0) is 12.8. The number of hydrogen-bond donors (Lipinski definition) is 1. The first-order chi connectivity index (χ1) is 8.50. The van der Waals surface area contributed by atoms with Crippen molar-refractivity contribution in [2.75, 3.05) is 11.5 Å². The highest BCUT2D eigenvalue weighted by molar-refractivity contribution is 7.91. The summed E-state index contributed by atoms with van der Waals surface area (Å²) in [6, 6.07) is 7.71. The van der Waals surface area contributed by atoms with Crippen LogP contribution in [0.2, 0.25) is 0 Å². The molecule has 0 unspecified atom stereocenters. The van der Waals surface area contributed by atoms with Crippen LogP contribution in [0.4, 0.5) is 0 Å². The van der Waals surface area contributed by atoms with Crippen molar-refractivity contribution in [3.63, 3.8) is 0 Å². The van der Waals surface area contributed by atoms with Crippen LogP contribution in [-0.4, -0.2) is 25.5 Å². The zero-order valence-corrected chi connectivity index (χ0v) is 10.9. The van der Waals surface area contributed by atoms with E-state index in [0.29, 0.717) is 19.3 Å². The van der Waals surface area contributed by atoms with Crippen LogP contribution in [0.3, 0.4) is 0 Å². The molecule has 0 aromatic heterocycles. The smallest absolute Gasteiger partial charge is 0.150 e. The summed E-state index contributed by atoms with van der Waals surface area (Å²) in [5.74, 6) is 1.24. The molecule has 0 radical (unpaired) electrons. The maximum Gasteiger partial charge on any atom is 0.150 e. The van der Waals surface area contributed by atoms with Gasteiger partial charge in [-0.2, -0.15) is 0 Å². The second kappa shape index (κ2) is 3.96. The van der Waals surface area contributed by atoms with Gasteiger partial charge in [0.25, 0.3) is 0 Å². The highest BCUT2D eigenvalue weighted by Crippen LogP contribution is 2.43. The minimum atomic E-state index is -2.87. The molecule has 5 heteroatoms. The number of benzene rings is 1. The Balaban J connectivity index is 1.90. The standard InChI is InChI=1S/C13H17NO3S/c14-11-9-13(5-7-18(15,16)8-6-13)17-12-4-2-1-3-10(11)12/h1-4,11H,5-9,14H2/t11-/m0/s1. The molecule has 98 valence electrons. The Hall–Kier alpha value is -1.07. The van der Waals surface area contributed by atoms with Crippen molar-refractivity contribution in [2.45, 2.75) is 30.9 Å². The number of sulfone groups is 1. The highest BCUT2D eigenvalue weighted by Gasteiger charge is 2.43. The zero-order valence-electron chi connectivity index (χ0n) is 10.1. The molecule has 18 heavy (non-hydrogen) atoms. The Morgan fingerprint density at radius 1 is 1.22 bits per heavy atom.